The third-order valence-electron chi connectivity index (χ3n) is 6.83. The number of furan rings is 1. The van der Waals surface area contributed by atoms with Crippen LogP contribution in [0.25, 0.3) is 44.0 Å². The second kappa shape index (κ2) is 7.48. The fourth-order valence-corrected chi connectivity index (χ4v) is 5.18. The van der Waals surface area contributed by atoms with Crippen molar-refractivity contribution in [2.24, 2.45) is 0 Å². The molecule has 1 saturated carbocycles. The van der Waals surface area contributed by atoms with Gasteiger partial charge in [-0.1, -0.05) is 49.6 Å². The van der Waals surface area contributed by atoms with Gasteiger partial charge in [0.05, 0.1) is 5.69 Å². The molecule has 1 fully saturated rings. The number of aromatic nitrogens is 1. The van der Waals surface area contributed by atoms with Crippen LogP contribution in [0.4, 0.5) is 0 Å². The Morgan fingerprint density at radius 2 is 1.78 bits per heavy atom. The summed E-state index contributed by atoms with van der Waals surface area (Å²) in [4.78, 5) is 4.38. The summed E-state index contributed by atoms with van der Waals surface area (Å²) in [6, 6.07) is 15.4. The molecular formula is C30H29NO. The second-order valence-electron chi connectivity index (χ2n) is 8.90. The summed E-state index contributed by atoms with van der Waals surface area (Å²) in [5, 5.41) is 3.83. The Morgan fingerprint density at radius 3 is 2.62 bits per heavy atom. The minimum atomic E-state index is -2.61. The van der Waals surface area contributed by atoms with Crippen LogP contribution in [-0.4, -0.2) is 4.98 Å². The molecule has 0 spiro atoms. The van der Waals surface area contributed by atoms with Gasteiger partial charge in [-0.3, -0.25) is 4.98 Å². The molecular weight excluding hydrogens is 390 g/mol. The minimum absolute atomic E-state index is 0.236. The van der Waals surface area contributed by atoms with Crippen molar-refractivity contribution in [2.75, 3.05) is 0 Å². The average Bonchev–Trinajstić information content (AvgIpc) is 3.28. The first kappa shape index (κ1) is 13.4. The van der Waals surface area contributed by atoms with E-state index < -0.39 is 19.6 Å². The molecule has 0 bridgehead atoms. The van der Waals surface area contributed by atoms with Gasteiger partial charge in [0.2, 0.25) is 0 Å². The van der Waals surface area contributed by atoms with Crippen molar-refractivity contribution in [3.63, 3.8) is 0 Å². The lowest BCUT2D eigenvalue weighted by molar-refractivity contribution is 0.444. The molecule has 160 valence electrons. The Balaban J connectivity index is 1.60. The van der Waals surface area contributed by atoms with E-state index >= 15 is 0 Å². The summed E-state index contributed by atoms with van der Waals surface area (Å²) in [5.41, 5.74) is 3.77. The van der Waals surface area contributed by atoms with Crippen molar-refractivity contribution in [1.82, 2.24) is 4.98 Å². The molecule has 2 nitrogen and oxygen atoms in total. The fraction of sp³-hybridized carbons (Fsp3) is 0.300. The van der Waals surface area contributed by atoms with E-state index in [9.17, 15) is 0 Å². The first-order valence-electron chi connectivity index (χ1n) is 14.8. The fourth-order valence-electron chi connectivity index (χ4n) is 5.18. The average molecular weight is 427 g/mol. The van der Waals surface area contributed by atoms with Crippen LogP contribution in [0, 0.1) is 20.6 Å². The van der Waals surface area contributed by atoms with E-state index in [1.165, 1.54) is 12.5 Å². The predicted octanol–water partition coefficient (Wildman–Crippen LogP) is 8.77. The van der Waals surface area contributed by atoms with Gasteiger partial charge in [0.1, 0.15) is 11.2 Å². The van der Waals surface area contributed by atoms with Crippen LogP contribution >= 0.6 is 0 Å². The standard InChI is InChI=1S/C30H29NO/c1-18-15-27(31-17-20(18)3)24-10-7-11-25-28-19(2)14-23-13-12-22(21-8-5-4-6-9-21)16-26(23)30(28)32-29(24)25/h7,10-17,21H,4-6,8-9H2,1-3H3/i1D3,3D3,21D. The van der Waals surface area contributed by atoms with Crippen molar-refractivity contribution in [3.05, 3.63) is 77.0 Å². The maximum Gasteiger partial charge on any atom is 0.144 e. The van der Waals surface area contributed by atoms with E-state index in [1.54, 1.807) is 0 Å². The highest BCUT2D eigenvalue weighted by atomic mass is 16.3. The Kier molecular flexibility index (Phi) is 3.14. The zero-order valence-electron chi connectivity index (χ0n) is 25.1. The number of hydrogen-bond acceptors (Lipinski definition) is 2. The molecule has 0 unspecified atom stereocenters. The maximum atomic E-state index is 9.15. The van der Waals surface area contributed by atoms with Gasteiger partial charge in [-0.05, 0) is 85.2 Å². The summed E-state index contributed by atoms with van der Waals surface area (Å²) >= 11 is 0. The summed E-state index contributed by atoms with van der Waals surface area (Å²) in [6.07, 6.45) is 6.14. The van der Waals surface area contributed by atoms with Crippen molar-refractivity contribution in [2.45, 2.75) is 58.6 Å². The van der Waals surface area contributed by atoms with Gasteiger partial charge in [-0.25, -0.2) is 0 Å². The lowest BCUT2D eigenvalue weighted by Gasteiger charge is -2.22. The van der Waals surface area contributed by atoms with Crippen LogP contribution in [0.1, 0.15) is 69.8 Å². The smallest absolute Gasteiger partial charge is 0.144 e. The molecule has 0 saturated heterocycles. The van der Waals surface area contributed by atoms with E-state index in [1.807, 2.05) is 25.1 Å². The highest BCUT2D eigenvalue weighted by Crippen LogP contribution is 2.42. The van der Waals surface area contributed by atoms with Gasteiger partial charge in [0.25, 0.3) is 0 Å². The highest BCUT2D eigenvalue weighted by molar-refractivity contribution is 6.18. The van der Waals surface area contributed by atoms with E-state index in [0.29, 0.717) is 16.8 Å². The molecule has 2 heteroatoms. The Morgan fingerprint density at radius 1 is 0.906 bits per heavy atom. The summed E-state index contributed by atoms with van der Waals surface area (Å²) in [7, 11) is 0. The van der Waals surface area contributed by atoms with Gasteiger partial charge >= 0.3 is 0 Å². The van der Waals surface area contributed by atoms with Crippen LogP contribution in [0.2, 0.25) is 0 Å². The quantitative estimate of drug-likeness (QED) is 0.282. The van der Waals surface area contributed by atoms with Gasteiger partial charge in [0, 0.05) is 37.5 Å². The zero-order chi connectivity index (χ0) is 27.7. The number of pyridine rings is 1. The lowest BCUT2D eigenvalue weighted by Crippen LogP contribution is -2.04. The van der Waals surface area contributed by atoms with E-state index in [2.05, 4.69) is 29.2 Å². The molecule has 0 aliphatic heterocycles. The molecule has 0 atom stereocenters. The van der Waals surface area contributed by atoms with Gasteiger partial charge in [0.15, 0.2) is 0 Å². The highest BCUT2D eigenvalue weighted by Gasteiger charge is 2.20. The molecule has 5 aromatic rings. The molecule has 6 rings (SSSR count). The van der Waals surface area contributed by atoms with Crippen LogP contribution in [0.3, 0.4) is 0 Å². The van der Waals surface area contributed by atoms with Gasteiger partial charge in [-0.2, -0.15) is 0 Å². The number of nitrogens with zero attached hydrogens (tertiary/aromatic N) is 1. The summed E-state index contributed by atoms with van der Waals surface area (Å²) < 4.78 is 63.0. The van der Waals surface area contributed by atoms with Crippen molar-refractivity contribution in [1.29, 1.82) is 0 Å². The Hall–Kier alpha value is -3.13. The molecule has 1 aliphatic carbocycles. The number of aryl methyl sites for hydroxylation is 3. The van der Waals surface area contributed by atoms with Crippen molar-refractivity contribution in [3.8, 4) is 11.3 Å². The molecule has 0 amide bonds. The zero-order valence-corrected chi connectivity index (χ0v) is 18.1. The summed E-state index contributed by atoms with van der Waals surface area (Å²) in [5.74, 6) is -0.596. The third-order valence-corrected chi connectivity index (χ3v) is 6.83. The number of benzene rings is 3. The number of rotatable bonds is 2. The molecule has 3 aromatic carbocycles. The largest absolute Gasteiger partial charge is 0.455 e. The topological polar surface area (TPSA) is 26.0 Å². The number of fused-ring (bicyclic) bond motifs is 5. The SMILES string of the molecule is [2H]C([2H])([2H])c1cnc(-c2cccc3c2oc2c4cc(C5([2H])CCCCC5)ccc4cc(C)c32)cc1C([2H])([2H])[2H]. The summed E-state index contributed by atoms with van der Waals surface area (Å²) in [6.45, 7) is -3.17. The van der Waals surface area contributed by atoms with Crippen LogP contribution in [0.15, 0.2) is 59.1 Å². The molecule has 32 heavy (non-hydrogen) atoms. The predicted molar refractivity (Wildman–Crippen MR) is 134 cm³/mol. The lowest BCUT2D eigenvalue weighted by atomic mass is 9.83. The van der Waals surface area contributed by atoms with E-state index in [-0.39, 0.29) is 11.1 Å². The van der Waals surface area contributed by atoms with E-state index in [4.69, 9.17) is 14.0 Å². The molecule has 2 aromatic heterocycles. The molecule has 1 aliphatic rings. The van der Waals surface area contributed by atoms with Crippen LogP contribution in [0.5, 0.6) is 0 Å². The number of para-hydroxylation sites is 1. The van der Waals surface area contributed by atoms with Crippen LogP contribution < -0.4 is 0 Å². The normalized spacial score (nSPS) is 20.2. The first-order chi connectivity index (χ1) is 18.4. The van der Waals surface area contributed by atoms with Crippen LogP contribution in [-0.2, 0) is 0 Å². The Bertz CT molecular complexity index is 1740. The second-order valence-corrected chi connectivity index (χ2v) is 8.90. The van der Waals surface area contributed by atoms with Crippen molar-refractivity contribution < 1.29 is 14.0 Å². The van der Waals surface area contributed by atoms with Gasteiger partial charge in [-0.15, -0.1) is 0 Å². The minimum Gasteiger partial charge on any atom is -0.455 e. The maximum absolute atomic E-state index is 9.15. The third kappa shape index (κ3) is 3.04. The molecule has 0 radical (unpaired) electrons. The molecule has 0 N–H and O–H groups in total. The number of hydrogen-bond donors (Lipinski definition) is 0. The monoisotopic (exact) mass is 426 g/mol. The van der Waals surface area contributed by atoms with E-state index in [0.717, 1.165) is 70.1 Å². The van der Waals surface area contributed by atoms with Gasteiger partial charge < -0.3 is 4.42 Å². The van der Waals surface area contributed by atoms with Crippen molar-refractivity contribution >= 4 is 32.7 Å². The Labute approximate surface area is 199 Å². The molecule has 2 heterocycles. The first-order valence-corrected chi connectivity index (χ1v) is 11.3.